The quantitative estimate of drug-likeness (QED) is 0.203. The van der Waals surface area contributed by atoms with Crippen LogP contribution in [0, 0.1) is 10.8 Å². The van der Waals surface area contributed by atoms with Gasteiger partial charge in [-0.2, -0.15) is 21.0 Å². The summed E-state index contributed by atoms with van der Waals surface area (Å²) in [6.07, 6.45) is -0.378. The molecule has 0 radical (unpaired) electrons. The van der Waals surface area contributed by atoms with E-state index in [2.05, 4.69) is 15.8 Å². The van der Waals surface area contributed by atoms with Crippen LogP contribution in [0.5, 0.6) is 0 Å². The zero-order chi connectivity index (χ0) is 29.7. The predicted molar refractivity (Wildman–Crippen MR) is 156 cm³/mol. The molecule has 0 saturated heterocycles. The maximum Gasteiger partial charge on any atom is 0.405 e. The maximum absolute atomic E-state index is 13.6. The highest BCUT2D eigenvalue weighted by Gasteiger charge is 2.32. The third kappa shape index (κ3) is 10.5. The van der Waals surface area contributed by atoms with Crippen molar-refractivity contribution in [3.63, 3.8) is 0 Å². The Balaban J connectivity index is 2.35. The molecule has 0 unspecified atom stereocenters. The minimum Gasteiger partial charge on any atom is -0.465 e. The smallest absolute Gasteiger partial charge is 0.405 e. The van der Waals surface area contributed by atoms with E-state index in [1.165, 1.54) is 40.3 Å². The van der Waals surface area contributed by atoms with Crippen LogP contribution in [0.25, 0.3) is 0 Å². The van der Waals surface area contributed by atoms with Crippen LogP contribution in [0.1, 0.15) is 31.4 Å². The second-order valence-electron chi connectivity index (χ2n) is 9.80. The largest absolute Gasteiger partial charge is 0.465 e. The number of nitrogens with zero attached hydrogens (tertiary/aromatic N) is 2. The lowest BCUT2D eigenvalue weighted by Crippen LogP contribution is -2.55. The van der Waals surface area contributed by atoms with Gasteiger partial charge in [-0.15, -0.1) is 0 Å². The van der Waals surface area contributed by atoms with Crippen LogP contribution in [-0.4, -0.2) is 78.2 Å². The monoisotopic (exact) mass is 594 g/mol. The van der Waals surface area contributed by atoms with E-state index in [4.69, 9.17) is 0 Å². The van der Waals surface area contributed by atoms with E-state index in [0.717, 1.165) is 5.56 Å². The van der Waals surface area contributed by atoms with Gasteiger partial charge in [0.2, 0.25) is 15.9 Å². The molecule has 0 aliphatic rings. The van der Waals surface area contributed by atoms with Crippen molar-refractivity contribution < 1.29 is 28.2 Å². The average Bonchev–Trinajstić information content (AvgIpc) is 2.90. The molecule has 2 amide bonds. The van der Waals surface area contributed by atoms with E-state index >= 15 is 0 Å². The van der Waals surface area contributed by atoms with Gasteiger partial charge in [0.05, 0.1) is 17.0 Å². The Hall–Kier alpha value is -3.00. The standard InChI is InChI=1S/C27H38N4O7S2/c1-19(2)17-31(40(37,38)22-11-9-21(10-12-22)16-28-36)18-25(32)24(15-20-7-5-4-6-8-20)29-26(33)23(13-14-39-3)30-27(34)35/h4-12,19,23-25,30,32H,13-18H2,1-3H3,(H,29,33)(H,34,35)/t23-,24-,25+/m0/s1. The third-order valence-corrected chi connectivity index (χ3v) is 8.57. The van der Waals surface area contributed by atoms with Crippen LogP contribution >= 0.6 is 11.8 Å². The van der Waals surface area contributed by atoms with Gasteiger partial charge in [-0.3, -0.25) is 4.79 Å². The molecule has 2 aromatic carbocycles. The molecule has 0 heterocycles. The van der Waals surface area contributed by atoms with Crippen molar-refractivity contribution in [1.29, 1.82) is 0 Å². The van der Waals surface area contributed by atoms with Gasteiger partial charge >= 0.3 is 6.09 Å². The summed E-state index contributed by atoms with van der Waals surface area (Å²) in [7, 11) is -4.04. The summed E-state index contributed by atoms with van der Waals surface area (Å²) in [5.74, 6) is -0.140. The summed E-state index contributed by atoms with van der Waals surface area (Å²) in [6, 6.07) is 13.0. The van der Waals surface area contributed by atoms with Gasteiger partial charge < -0.3 is 20.8 Å². The first kappa shape index (κ1) is 33.2. The van der Waals surface area contributed by atoms with Gasteiger partial charge in [-0.05, 0) is 54.0 Å². The molecule has 2 rings (SSSR count). The van der Waals surface area contributed by atoms with Gasteiger partial charge in [-0.1, -0.05) is 61.5 Å². The molecule has 11 nitrogen and oxygen atoms in total. The number of hydrogen-bond donors (Lipinski definition) is 4. The Labute approximate surface area is 239 Å². The summed E-state index contributed by atoms with van der Waals surface area (Å²) in [5.41, 5.74) is 1.37. The molecule has 2 aromatic rings. The molecule has 40 heavy (non-hydrogen) atoms. The first-order valence-electron chi connectivity index (χ1n) is 12.9. The number of rotatable bonds is 17. The molecule has 0 aliphatic heterocycles. The van der Waals surface area contributed by atoms with E-state index in [0.29, 0.717) is 11.3 Å². The Morgan fingerprint density at radius 2 is 1.65 bits per heavy atom. The van der Waals surface area contributed by atoms with Crippen molar-refractivity contribution in [2.45, 2.75) is 56.3 Å². The lowest BCUT2D eigenvalue weighted by molar-refractivity contribution is -0.124. The van der Waals surface area contributed by atoms with Crippen LogP contribution in [0.15, 0.2) is 64.7 Å². The topological polar surface area (TPSA) is 165 Å². The van der Waals surface area contributed by atoms with Crippen molar-refractivity contribution >= 4 is 33.8 Å². The van der Waals surface area contributed by atoms with Gasteiger partial charge in [0, 0.05) is 13.1 Å². The Morgan fingerprint density at radius 3 is 2.20 bits per heavy atom. The molecule has 0 bridgehead atoms. The number of aliphatic hydroxyl groups excluding tert-OH is 1. The number of thioether (sulfide) groups is 1. The van der Waals surface area contributed by atoms with E-state index in [1.54, 1.807) is 0 Å². The highest BCUT2D eigenvalue weighted by molar-refractivity contribution is 7.98. The van der Waals surface area contributed by atoms with Gasteiger partial charge in [0.15, 0.2) is 0 Å². The lowest BCUT2D eigenvalue weighted by atomic mass is 10.00. The summed E-state index contributed by atoms with van der Waals surface area (Å²) in [5, 5.41) is 28.4. The molecule has 0 fully saturated rings. The van der Waals surface area contributed by atoms with Crippen LogP contribution < -0.4 is 10.6 Å². The number of sulfonamides is 1. The van der Waals surface area contributed by atoms with Gasteiger partial charge in [-0.25, -0.2) is 13.2 Å². The van der Waals surface area contributed by atoms with Crippen LogP contribution in [0.3, 0.4) is 0 Å². The summed E-state index contributed by atoms with van der Waals surface area (Å²) < 4.78 is 28.4. The molecule has 4 N–H and O–H groups in total. The second-order valence-corrected chi connectivity index (χ2v) is 12.7. The zero-order valence-electron chi connectivity index (χ0n) is 22.9. The molecule has 220 valence electrons. The first-order chi connectivity index (χ1) is 19.0. The molecule has 13 heteroatoms. The fourth-order valence-electron chi connectivity index (χ4n) is 4.09. The number of nitrogens with one attached hydrogen (secondary N) is 2. The fraction of sp³-hybridized carbons (Fsp3) is 0.481. The number of amides is 2. The van der Waals surface area contributed by atoms with E-state index < -0.39 is 40.2 Å². The fourth-order valence-corrected chi connectivity index (χ4v) is 6.19. The number of hydrogen-bond acceptors (Lipinski definition) is 8. The number of carbonyl (C=O) groups is 2. The Kier molecular flexibility index (Phi) is 13.5. The van der Waals surface area contributed by atoms with E-state index in [9.17, 15) is 33.1 Å². The number of carbonyl (C=O) groups excluding carboxylic acids is 1. The van der Waals surface area contributed by atoms with Crippen LogP contribution in [0.4, 0.5) is 4.79 Å². The predicted octanol–water partition coefficient (Wildman–Crippen LogP) is 3.08. The van der Waals surface area contributed by atoms with Crippen molar-refractivity contribution in [2.75, 3.05) is 25.1 Å². The lowest BCUT2D eigenvalue weighted by Gasteiger charge is -2.31. The maximum atomic E-state index is 13.6. The van der Waals surface area contributed by atoms with Crippen molar-refractivity contribution in [3.8, 4) is 0 Å². The highest BCUT2D eigenvalue weighted by atomic mass is 32.2. The molecular formula is C27H38N4O7S2. The molecule has 0 aromatic heterocycles. The number of carboxylic acid groups (broad SMARTS) is 1. The summed E-state index contributed by atoms with van der Waals surface area (Å²) >= 11 is 1.46. The Morgan fingerprint density at radius 1 is 1.00 bits per heavy atom. The van der Waals surface area contributed by atoms with Gasteiger partial charge in [0.1, 0.15) is 12.6 Å². The Bertz CT molecular complexity index is 1200. The molecular weight excluding hydrogens is 556 g/mol. The minimum absolute atomic E-state index is 0.00133. The normalized spacial score (nSPS) is 13.9. The summed E-state index contributed by atoms with van der Waals surface area (Å²) in [4.78, 5) is 35.0. The molecule has 0 saturated carbocycles. The molecule has 0 spiro atoms. The van der Waals surface area contributed by atoms with Crippen LogP contribution in [0.2, 0.25) is 0 Å². The first-order valence-corrected chi connectivity index (χ1v) is 15.7. The van der Waals surface area contributed by atoms with Gasteiger partial charge in [0.25, 0.3) is 0 Å². The van der Waals surface area contributed by atoms with Crippen molar-refractivity contribution in [2.24, 2.45) is 11.1 Å². The molecule has 0 aliphatic carbocycles. The van der Waals surface area contributed by atoms with Crippen molar-refractivity contribution in [3.05, 3.63) is 70.6 Å². The summed E-state index contributed by atoms with van der Waals surface area (Å²) in [6.45, 7) is 3.43. The average molecular weight is 595 g/mol. The number of benzene rings is 2. The van der Waals surface area contributed by atoms with Crippen molar-refractivity contribution in [1.82, 2.24) is 14.9 Å². The van der Waals surface area contributed by atoms with E-state index in [1.807, 2.05) is 50.4 Å². The minimum atomic E-state index is -4.04. The highest BCUT2D eigenvalue weighted by Crippen LogP contribution is 2.20. The van der Waals surface area contributed by atoms with E-state index in [-0.39, 0.29) is 43.3 Å². The third-order valence-electron chi connectivity index (χ3n) is 6.08. The van der Waals surface area contributed by atoms with Crippen LogP contribution in [-0.2, 0) is 27.8 Å². The second kappa shape index (κ2) is 16.3. The number of nitroso groups, excluding NO2 is 1. The number of aliphatic hydroxyl groups is 1. The zero-order valence-corrected chi connectivity index (χ0v) is 24.5. The SMILES string of the molecule is CSCC[C@H](NC(=O)O)C(=O)N[C@@H](Cc1ccccc1)[C@H](O)CN(CC(C)C)S(=O)(=O)c1ccc(CN=O)cc1. The molecule has 3 atom stereocenters.